The van der Waals surface area contributed by atoms with Gasteiger partial charge in [-0.25, -0.2) is 0 Å². The molecule has 0 aromatic carbocycles. The molecule has 0 spiro atoms. The molecule has 5 nitrogen and oxygen atoms in total. The Bertz CT molecular complexity index is 328. The minimum absolute atomic E-state index is 0.111. The lowest BCUT2D eigenvalue weighted by molar-refractivity contribution is -0.125. The molecule has 0 bridgehead atoms. The molecule has 0 atom stereocenters. The summed E-state index contributed by atoms with van der Waals surface area (Å²) >= 11 is 0. The van der Waals surface area contributed by atoms with Crippen LogP contribution in [0.4, 0.5) is 13.2 Å². The number of hydrogen-bond donors (Lipinski definition) is 1. The van der Waals surface area contributed by atoms with Crippen molar-refractivity contribution in [1.82, 2.24) is 15.5 Å². The topological polar surface area (TPSA) is 60.2 Å². The third-order valence-corrected chi connectivity index (χ3v) is 1.69. The summed E-state index contributed by atoms with van der Waals surface area (Å²) in [6, 6.07) is 0. The van der Waals surface area contributed by atoms with Crippen molar-refractivity contribution in [2.45, 2.75) is 32.7 Å². The van der Waals surface area contributed by atoms with E-state index in [4.69, 9.17) is 9.26 Å². The molecule has 98 valence electrons. The lowest BCUT2D eigenvalue weighted by atomic mass is 10.5. The summed E-state index contributed by atoms with van der Waals surface area (Å²) in [6.07, 6.45) is -3.37. The molecule has 0 aliphatic rings. The summed E-state index contributed by atoms with van der Waals surface area (Å²) in [5.74, 6) is 0.451. The van der Waals surface area contributed by atoms with Gasteiger partial charge in [-0.15, -0.1) is 0 Å². The van der Waals surface area contributed by atoms with Crippen LogP contribution in [0.3, 0.4) is 0 Å². The van der Waals surface area contributed by atoms with Crippen LogP contribution in [0, 0.1) is 0 Å². The third-order valence-electron chi connectivity index (χ3n) is 1.69. The highest BCUT2D eigenvalue weighted by Gasteiger charge is 2.26. The molecule has 0 aliphatic heterocycles. The summed E-state index contributed by atoms with van der Waals surface area (Å²) < 4.78 is 45.4. The van der Waals surface area contributed by atoms with Gasteiger partial charge in [-0.1, -0.05) is 12.1 Å². The Kier molecular flexibility index (Phi) is 5.36. The Morgan fingerprint density at radius 3 is 2.82 bits per heavy atom. The Balaban J connectivity index is 2.26. The summed E-state index contributed by atoms with van der Waals surface area (Å²) in [5, 5.41) is 5.73. The lowest BCUT2D eigenvalue weighted by Gasteiger charge is -2.05. The van der Waals surface area contributed by atoms with E-state index in [-0.39, 0.29) is 19.0 Å². The van der Waals surface area contributed by atoms with Gasteiger partial charge in [0.15, 0.2) is 5.82 Å². The maximum atomic E-state index is 11.8. The fourth-order valence-electron chi connectivity index (χ4n) is 1.04. The first-order chi connectivity index (χ1) is 8.01. The maximum absolute atomic E-state index is 11.8. The van der Waals surface area contributed by atoms with E-state index in [9.17, 15) is 13.2 Å². The smallest absolute Gasteiger partial charge is 0.373 e. The zero-order valence-electron chi connectivity index (χ0n) is 9.38. The van der Waals surface area contributed by atoms with Crippen molar-refractivity contribution in [2.75, 3.05) is 13.2 Å². The van der Waals surface area contributed by atoms with Crippen LogP contribution in [-0.4, -0.2) is 29.5 Å². The van der Waals surface area contributed by atoms with Gasteiger partial charge in [-0.05, 0) is 6.42 Å². The van der Waals surface area contributed by atoms with E-state index < -0.39 is 12.7 Å². The molecule has 0 unspecified atom stereocenters. The van der Waals surface area contributed by atoms with E-state index >= 15 is 0 Å². The molecule has 1 rings (SSSR count). The van der Waals surface area contributed by atoms with Crippen molar-refractivity contribution in [3.8, 4) is 0 Å². The molecule has 0 aliphatic carbocycles. The molecule has 1 heterocycles. The number of nitrogens with zero attached hydrogens (tertiary/aromatic N) is 2. The Hall–Kier alpha value is -1.15. The number of halogens is 3. The van der Waals surface area contributed by atoms with Crippen molar-refractivity contribution in [1.29, 1.82) is 0 Å². The van der Waals surface area contributed by atoms with Crippen molar-refractivity contribution < 1.29 is 22.4 Å². The van der Waals surface area contributed by atoms with Crippen LogP contribution in [0.5, 0.6) is 0 Å². The number of hydrogen-bond acceptors (Lipinski definition) is 5. The van der Waals surface area contributed by atoms with Crippen molar-refractivity contribution in [3.05, 3.63) is 11.7 Å². The number of rotatable bonds is 7. The van der Waals surface area contributed by atoms with Crippen LogP contribution in [-0.2, 0) is 17.9 Å². The second kappa shape index (κ2) is 6.55. The van der Waals surface area contributed by atoms with Crippen LogP contribution in [0.25, 0.3) is 0 Å². The zero-order chi connectivity index (χ0) is 12.7. The fraction of sp³-hybridized carbons (Fsp3) is 0.778. The van der Waals surface area contributed by atoms with Gasteiger partial charge in [0.25, 0.3) is 0 Å². The van der Waals surface area contributed by atoms with E-state index in [0.29, 0.717) is 12.4 Å². The first-order valence-corrected chi connectivity index (χ1v) is 5.18. The Labute approximate surface area is 96.3 Å². The van der Waals surface area contributed by atoms with Gasteiger partial charge in [0, 0.05) is 6.61 Å². The quantitative estimate of drug-likeness (QED) is 0.749. The minimum atomic E-state index is -4.24. The number of alkyl halides is 3. The van der Waals surface area contributed by atoms with E-state index in [0.717, 1.165) is 6.42 Å². The molecule has 8 heteroatoms. The van der Waals surface area contributed by atoms with Crippen molar-refractivity contribution in [2.24, 2.45) is 0 Å². The predicted octanol–water partition coefficient (Wildman–Crippen LogP) is 1.65. The molecule has 0 fully saturated rings. The summed E-state index contributed by atoms with van der Waals surface area (Å²) in [5.41, 5.74) is 0. The standard InChI is InChI=1S/C9H14F3N3O2/c1-2-3-16-5-7-14-8(17-15-7)4-13-6-9(10,11)12/h13H,2-6H2,1H3. The number of ether oxygens (including phenoxy) is 1. The molecule has 0 radical (unpaired) electrons. The van der Waals surface area contributed by atoms with Crippen molar-refractivity contribution >= 4 is 0 Å². The molecule has 0 saturated carbocycles. The Morgan fingerprint density at radius 1 is 1.41 bits per heavy atom. The van der Waals surface area contributed by atoms with Crippen LogP contribution in [0.1, 0.15) is 25.1 Å². The molecule has 17 heavy (non-hydrogen) atoms. The molecule has 1 aromatic rings. The first kappa shape index (κ1) is 13.9. The Morgan fingerprint density at radius 2 is 2.18 bits per heavy atom. The number of nitrogens with one attached hydrogen (secondary N) is 1. The zero-order valence-corrected chi connectivity index (χ0v) is 9.38. The van der Waals surface area contributed by atoms with Gasteiger partial charge < -0.3 is 14.6 Å². The van der Waals surface area contributed by atoms with Crippen LogP contribution >= 0.6 is 0 Å². The summed E-state index contributed by atoms with van der Waals surface area (Å²) in [6.45, 7) is 1.55. The van der Waals surface area contributed by atoms with Crippen LogP contribution in [0.2, 0.25) is 0 Å². The highest BCUT2D eigenvalue weighted by atomic mass is 19.4. The summed E-state index contributed by atoms with van der Waals surface area (Å²) in [7, 11) is 0. The second-order valence-electron chi connectivity index (χ2n) is 3.38. The normalized spacial score (nSPS) is 12.0. The average Bonchev–Trinajstić information content (AvgIpc) is 2.64. The number of aromatic nitrogens is 2. The van der Waals surface area contributed by atoms with Gasteiger partial charge in [-0.3, -0.25) is 0 Å². The second-order valence-corrected chi connectivity index (χ2v) is 3.38. The van der Waals surface area contributed by atoms with E-state index in [2.05, 4.69) is 15.5 Å². The lowest BCUT2D eigenvalue weighted by Crippen LogP contribution is -2.28. The highest BCUT2D eigenvalue weighted by molar-refractivity contribution is 4.84. The van der Waals surface area contributed by atoms with Gasteiger partial charge >= 0.3 is 6.18 Å². The van der Waals surface area contributed by atoms with Gasteiger partial charge in [0.1, 0.15) is 6.61 Å². The monoisotopic (exact) mass is 253 g/mol. The first-order valence-electron chi connectivity index (χ1n) is 5.18. The molecule has 1 N–H and O–H groups in total. The van der Waals surface area contributed by atoms with E-state index in [1.54, 1.807) is 0 Å². The van der Waals surface area contributed by atoms with Crippen molar-refractivity contribution in [3.63, 3.8) is 0 Å². The van der Waals surface area contributed by atoms with Gasteiger partial charge in [0.05, 0.1) is 13.1 Å². The molecular weight excluding hydrogens is 239 g/mol. The summed E-state index contributed by atoms with van der Waals surface area (Å²) in [4.78, 5) is 3.87. The van der Waals surface area contributed by atoms with Gasteiger partial charge in [-0.2, -0.15) is 18.2 Å². The van der Waals surface area contributed by atoms with Crippen LogP contribution < -0.4 is 5.32 Å². The fourth-order valence-corrected chi connectivity index (χ4v) is 1.04. The minimum Gasteiger partial charge on any atom is -0.373 e. The van der Waals surface area contributed by atoms with E-state index in [1.807, 2.05) is 6.92 Å². The van der Waals surface area contributed by atoms with Crippen LogP contribution in [0.15, 0.2) is 4.52 Å². The third kappa shape index (κ3) is 6.22. The highest BCUT2D eigenvalue weighted by Crippen LogP contribution is 2.12. The molecule has 0 saturated heterocycles. The SMILES string of the molecule is CCCOCc1noc(CNCC(F)(F)F)n1. The van der Waals surface area contributed by atoms with Gasteiger partial charge in [0.2, 0.25) is 5.89 Å². The molecule has 0 amide bonds. The molecule has 1 aromatic heterocycles. The predicted molar refractivity (Wildman–Crippen MR) is 52.0 cm³/mol. The average molecular weight is 253 g/mol. The largest absolute Gasteiger partial charge is 0.401 e. The van der Waals surface area contributed by atoms with E-state index in [1.165, 1.54) is 0 Å². The maximum Gasteiger partial charge on any atom is 0.401 e. The molecular formula is C9H14F3N3O2.